The molecule has 2 heterocycles. The Labute approximate surface area is 117 Å². The predicted molar refractivity (Wildman–Crippen MR) is 73.5 cm³/mol. The molecular weight excluding hydrogens is 262 g/mol. The zero-order valence-corrected chi connectivity index (χ0v) is 11.6. The summed E-state index contributed by atoms with van der Waals surface area (Å²) in [7, 11) is 0. The smallest absolute Gasteiger partial charge is 0.351 e. The van der Waals surface area contributed by atoms with Gasteiger partial charge in [-0.05, 0) is 12.5 Å². The van der Waals surface area contributed by atoms with Gasteiger partial charge < -0.3 is 19.9 Å². The lowest BCUT2D eigenvalue weighted by atomic mass is 10.2. The van der Waals surface area contributed by atoms with E-state index in [0.717, 1.165) is 25.8 Å². The summed E-state index contributed by atoms with van der Waals surface area (Å²) < 4.78 is 11.9. The third-order valence-corrected chi connectivity index (χ3v) is 3.11. The number of unbranched alkanes of at least 4 members (excludes halogenated alkanes) is 2. The minimum atomic E-state index is -0.668. The summed E-state index contributed by atoms with van der Waals surface area (Å²) in [6.45, 7) is 2.95. The largest absolute Gasteiger partial charge is 0.391 e. The number of rotatable bonds is 7. The molecule has 0 aliphatic carbocycles. The highest BCUT2D eigenvalue weighted by molar-refractivity contribution is 5.31. The van der Waals surface area contributed by atoms with E-state index >= 15 is 0 Å². The molecule has 2 rings (SSSR count). The Hall–Kier alpha value is -1.44. The SMILES string of the molecule is CCCCCNc1ccn(C2COC(CO)O2)c(=O)n1. The van der Waals surface area contributed by atoms with E-state index in [1.165, 1.54) is 4.57 Å². The molecule has 0 amide bonds. The van der Waals surface area contributed by atoms with E-state index in [9.17, 15) is 4.79 Å². The maximum atomic E-state index is 11.9. The Morgan fingerprint density at radius 1 is 1.55 bits per heavy atom. The summed E-state index contributed by atoms with van der Waals surface area (Å²) in [6, 6.07) is 1.74. The number of ether oxygens (including phenoxy) is 2. The lowest BCUT2D eigenvalue weighted by Crippen LogP contribution is -2.29. The molecule has 0 bridgehead atoms. The highest BCUT2D eigenvalue weighted by Gasteiger charge is 2.27. The van der Waals surface area contributed by atoms with Crippen molar-refractivity contribution in [2.45, 2.75) is 38.7 Å². The number of hydrogen-bond acceptors (Lipinski definition) is 6. The molecule has 1 aliphatic rings. The first-order valence-electron chi connectivity index (χ1n) is 6.95. The average molecular weight is 283 g/mol. The lowest BCUT2D eigenvalue weighted by Gasteiger charge is -2.13. The van der Waals surface area contributed by atoms with Crippen LogP contribution in [0, 0.1) is 0 Å². The molecule has 0 spiro atoms. The van der Waals surface area contributed by atoms with Crippen molar-refractivity contribution >= 4 is 5.82 Å². The minimum Gasteiger partial charge on any atom is -0.391 e. The first-order chi connectivity index (χ1) is 9.74. The summed E-state index contributed by atoms with van der Waals surface area (Å²) in [6.07, 6.45) is 3.80. The third-order valence-electron chi connectivity index (χ3n) is 3.11. The fraction of sp³-hybridized carbons (Fsp3) is 0.692. The zero-order chi connectivity index (χ0) is 14.4. The molecule has 112 valence electrons. The van der Waals surface area contributed by atoms with Crippen molar-refractivity contribution in [2.75, 3.05) is 25.1 Å². The Bertz CT molecular complexity index is 477. The van der Waals surface area contributed by atoms with Crippen molar-refractivity contribution < 1.29 is 14.6 Å². The van der Waals surface area contributed by atoms with Crippen LogP contribution in [-0.4, -0.2) is 40.7 Å². The fourth-order valence-corrected chi connectivity index (χ4v) is 2.01. The molecule has 7 nitrogen and oxygen atoms in total. The van der Waals surface area contributed by atoms with Crippen LogP contribution in [-0.2, 0) is 9.47 Å². The van der Waals surface area contributed by atoms with Crippen molar-refractivity contribution in [3.8, 4) is 0 Å². The van der Waals surface area contributed by atoms with Crippen LogP contribution < -0.4 is 11.0 Å². The molecule has 2 atom stereocenters. The van der Waals surface area contributed by atoms with E-state index in [2.05, 4.69) is 17.2 Å². The van der Waals surface area contributed by atoms with Gasteiger partial charge in [-0.25, -0.2) is 4.79 Å². The van der Waals surface area contributed by atoms with Crippen molar-refractivity contribution in [1.29, 1.82) is 0 Å². The van der Waals surface area contributed by atoms with E-state index in [-0.39, 0.29) is 13.2 Å². The van der Waals surface area contributed by atoms with E-state index in [0.29, 0.717) is 5.82 Å². The molecule has 0 saturated carbocycles. The maximum Gasteiger partial charge on any atom is 0.351 e. The van der Waals surface area contributed by atoms with Crippen molar-refractivity contribution in [3.05, 3.63) is 22.7 Å². The van der Waals surface area contributed by atoms with Crippen molar-refractivity contribution in [1.82, 2.24) is 9.55 Å². The van der Waals surface area contributed by atoms with Gasteiger partial charge in [-0.3, -0.25) is 4.57 Å². The maximum absolute atomic E-state index is 11.9. The fourth-order valence-electron chi connectivity index (χ4n) is 2.01. The van der Waals surface area contributed by atoms with Gasteiger partial charge in [-0.2, -0.15) is 4.98 Å². The molecule has 20 heavy (non-hydrogen) atoms. The highest BCUT2D eigenvalue weighted by Crippen LogP contribution is 2.19. The van der Waals surface area contributed by atoms with Crippen LogP contribution in [0.3, 0.4) is 0 Å². The Balaban J connectivity index is 1.94. The van der Waals surface area contributed by atoms with Crippen LogP contribution in [0.2, 0.25) is 0 Å². The first-order valence-corrected chi connectivity index (χ1v) is 6.95. The average Bonchev–Trinajstić information content (AvgIpc) is 2.92. The van der Waals surface area contributed by atoms with Gasteiger partial charge in [-0.1, -0.05) is 19.8 Å². The van der Waals surface area contributed by atoms with Gasteiger partial charge in [0.05, 0.1) is 13.2 Å². The van der Waals surface area contributed by atoms with Gasteiger partial charge in [-0.15, -0.1) is 0 Å². The predicted octanol–water partition coefficient (Wildman–Crippen LogP) is 0.709. The third kappa shape index (κ3) is 3.78. The highest BCUT2D eigenvalue weighted by atomic mass is 16.7. The second-order valence-electron chi connectivity index (χ2n) is 4.67. The van der Waals surface area contributed by atoms with Gasteiger partial charge >= 0.3 is 5.69 Å². The molecule has 1 aromatic rings. The van der Waals surface area contributed by atoms with E-state index in [4.69, 9.17) is 14.6 Å². The first kappa shape index (κ1) is 15.0. The molecule has 1 aromatic heterocycles. The minimum absolute atomic E-state index is 0.226. The second kappa shape index (κ2) is 7.37. The molecule has 1 fully saturated rings. The Morgan fingerprint density at radius 3 is 3.05 bits per heavy atom. The van der Waals surface area contributed by atoms with Crippen molar-refractivity contribution in [2.24, 2.45) is 0 Å². The topological polar surface area (TPSA) is 85.6 Å². The summed E-state index contributed by atoms with van der Waals surface area (Å²) >= 11 is 0. The number of aliphatic hydroxyl groups excluding tert-OH is 1. The van der Waals surface area contributed by atoms with E-state index < -0.39 is 18.2 Å². The second-order valence-corrected chi connectivity index (χ2v) is 4.67. The number of aromatic nitrogens is 2. The van der Waals surface area contributed by atoms with E-state index in [1.807, 2.05) is 0 Å². The number of hydrogen-bond donors (Lipinski definition) is 2. The molecule has 1 saturated heterocycles. The van der Waals surface area contributed by atoms with Gasteiger partial charge in [0.1, 0.15) is 5.82 Å². The molecule has 7 heteroatoms. The Morgan fingerprint density at radius 2 is 2.40 bits per heavy atom. The monoisotopic (exact) mass is 283 g/mol. The van der Waals surface area contributed by atoms with E-state index in [1.54, 1.807) is 12.3 Å². The summed E-state index contributed by atoms with van der Waals surface area (Å²) in [5.74, 6) is 0.569. The Kier molecular flexibility index (Phi) is 5.51. The summed E-state index contributed by atoms with van der Waals surface area (Å²) in [5, 5.41) is 12.0. The quantitative estimate of drug-likeness (QED) is 0.717. The van der Waals surface area contributed by atoms with Gasteiger partial charge in [0.15, 0.2) is 12.5 Å². The lowest BCUT2D eigenvalue weighted by molar-refractivity contribution is -0.0992. The van der Waals surface area contributed by atoms with Gasteiger partial charge in [0.25, 0.3) is 0 Å². The number of nitrogens with one attached hydrogen (secondary N) is 1. The summed E-state index contributed by atoms with van der Waals surface area (Å²) in [4.78, 5) is 15.9. The molecule has 2 N–H and O–H groups in total. The summed E-state index contributed by atoms with van der Waals surface area (Å²) in [5.41, 5.74) is -0.391. The molecular formula is C13H21N3O4. The number of aliphatic hydroxyl groups is 1. The normalized spacial score (nSPS) is 22.1. The van der Waals surface area contributed by atoms with Crippen LogP contribution >= 0.6 is 0 Å². The van der Waals surface area contributed by atoms with Crippen LogP contribution in [0.1, 0.15) is 32.4 Å². The number of anilines is 1. The standard InChI is InChI=1S/C13H21N3O4/c1-2-3-4-6-14-10-5-7-16(13(18)15-10)11-9-19-12(8-17)20-11/h5,7,11-12,17H,2-4,6,8-9H2,1H3,(H,14,15,18). The van der Waals surface area contributed by atoms with Crippen LogP contribution in [0.25, 0.3) is 0 Å². The number of nitrogens with zero attached hydrogens (tertiary/aromatic N) is 2. The van der Waals surface area contributed by atoms with Crippen LogP contribution in [0.15, 0.2) is 17.1 Å². The van der Waals surface area contributed by atoms with Gasteiger partial charge in [0.2, 0.25) is 0 Å². The van der Waals surface area contributed by atoms with Crippen LogP contribution in [0.5, 0.6) is 0 Å². The zero-order valence-electron chi connectivity index (χ0n) is 11.6. The molecule has 0 aromatic carbocycles. The van der Waals surface area contributed by atoms with Gasteiger partial charge in [0, 0.05) is 12.7 Å². The van der Waals surface area contributed by atoms with Crippen molar-refractivity contribution in [3.63, 3.8) is 0 Å². The molecule has 1 aliphatic heterocycles. The molecule has 2 unspecified atom stereocenters. The molecule has 0 radical (unpaired) electrons. The van der Waals surface area contributed by atoms with Crippen LogP contribution in [0.4, 0.5) is 5.82 Å².